The maximum absolute atomic E-state index is 12.4. The molecule has 1 amide bonds. The zero-order chi connectivity index (χ0) is 17.3. The second-order valence-electron chi connectivity index (χ2n) is 7.75. The fraction of sp³-hybridized carbons (Fsp3) is 0.632. The molecule has 1 saturated carbocycles. The Bertz CT molecular complexity index is 603. The van der Waals surface area contributed by atoms with Gasteiger partial charge >= 0.3 is 6.09 Å². The van der Waals surface area contributed by atoms with Crippen LogP contribution in [0.1, 0.15) is 45.6 Å². The van der Waals surface area contributed by atoms with Crippen molar-refractivity contribution in [2.45, 2.75) is 64.2 Å². The SMILES string of the molecule is COC1CC(Nc2ccc3c(c2)CCCN3C(=O)OC(C)(C)C)C1. The number of fused-ring (bicyclic) bond motifs is 1. The number of ether oxygens (including phenoxy) is 2. The van der Waals surface area contributed by atoms with E-state index in [0.717, 1.165) is 37.1 Å². The average molecular weight is 332 g/mol. The Labute approximate surface area is 144 Å². The van der Waals surface area contributed by atoms with Crippen LogP contribution >= 0.6 is 0 Å². The Morgan fingerprint density at radius 1 is 1.29 bits per heavy atom. The van der Waals surface area contributed by atoms with Gasteiger partial charge in [0.25, 0.3) is 0 Å². The van der Waals surface area contributed by atoms with Gasteiger partial charge in [-0.05, 0) is 70.2 Å². The Balaban J connectivity index is 1.69. The normalized spacial score (nSPS) is 23.2. The zero-order valence-corrected chi connectivity index (χ0v) is 15.1. The molecule has 2 aliphatic rings. The van der Waals surface area contributed by atoms with Crippen LogP contribution in [-0.4, -0.2) is 37.5 Å². The summed E-state index contributed by atoms with van der Waals surface area (Å²) >= 11 is 0. The van der Waals surface area contributed by atoms with Gasteiger partial charge in [-0.1, -0.05) is 0 Å². The number of nitrogens with one attached hydrogen (secondary N) is 1. The highest BCUT2D eigenvalue weighted by atomic mass is 16.6. The van der Waals surface area contributed by atoms with Gasteiger partial charge in [0.15, 0.2) is 0 Å². The highest BCUT2D eigenvalue weighted by molar-refractivity contribution is 5.90. The first-order valence-electron chi connectivity index (χ1n) is 8.78. The van der Waals surface area contributed by atoms with Crippen LogP contribution in [0.4, 0.5) is 16.2 Å². The van der Waals surface area contributed by atoms with E-state index in [1.54, 1.807) is 12.0 Å². The summed E-state index contributed by atoms with van der Waals surface area (Å²) in [6.45, 7) is 6.41. The summed E-state index contributed by atoms with van der Waals surface area (Å²) in [5.41, 5.74) is 2.83. The highest BCUT2D eigenvalue weighted by Gasteiger charge is 2.30. The van der Waals surface area contributed by atoms with E-state index in [2.05, 4.69) is 17.4 Å². The standard InChI is InChI=1S/C19H28N2O3/c1-19(2,3)24-18(22)21-9-5-6-13-10-14(7-8-17(13)21)20-15-11-16(12-15)23-4/h7-8,10,15-16,20H,5-6,9,11-12H2,1-4H3. The molecule has 1 aliphatic carbocycles. The topological polar surface area (TPSA) is 50.8 Å². The third kappa shape index (κ3) is 3.83. The van der Waals surface area contributed by atoms with E-state index in [1.165, 1.54) is 5.56 Å². The molecule has 0 saturated heterocycles. The molecule has 1 aromatic rings. The number of amides is 1. The third-order valence-corrected chi connectivity index (χ3v) is 4.61. The number of carbonyl (C=O) groups is 1. The number of nitrogens with zero attached hydrogens (tertiary/aromatic N) is 1. The maximum atomic E-state index is 12.4. The lowest BCUT2D eigenvalue weighted by atomic mass is 9.89. The summed E-state index contributed by atoms with van der Waals surface area (Å²) in [6.07, 6.45) is 4.20. The van der Waals surface area contributed by atoms with Gasteiger partial charge in [-0.25, -0.2) is 4.79 Å². The van der Waals surface area contributed by atoms with Crippen LogP contribution < -0.4 is 10.2 Å². The Morgan fingerprint density at radius 2 is 2.04 bits per heavy atom. The van der Waals surface area contributed by atoms with E-state index in [0.29, 0.717) is 18.7 Å². The Kier molecular flexibility index (Phi) is 4.72. The van der Waals surface area contributed by atoms with Gasteiger partial charge in [0, 0.05) is 25.4 Å². The Morgan fingerprint density at radius 3 is 2.71 bits per heavy atom. The molecule has 132 valence electrons. The molecule has 1 fully saturated rings. The number of hydrogen-bond acceptors (Lipinski definition) is 4. The summed E-state index contributed by atoms with van der Waals surface area (Å²) in [5, 5.41) is 3.56. The monoisotopic (exact) mass is 332 g/mol. The molecule has 5 heteroatoms. The minimum absolute atomic E-state index is 0.258. The summed E-state index contributed by atoms with van der Waals surface area (Å²) in [4.78, 5) is 14.2. The fourth-order valence-electron chi connectivity index (χ4n) is 3.31. The minimum Gasteiger partial charge on any atom is -0.443 e. The lowest BCUT2D eigenvalue weighted by Gasteiger charge is -2.36. The van der Waals surface area contributed by atoms with Crippen LogP contribution in [0.3, 0.4) is 0 Å². The van der Waals surface area contributed by atoms with Gasteiger partial charge in [-0.2, -0.15) is 0 Å². The number of benzene rings is 1. The number of hydrogen-bond donors (Lipinski definition) is 1. The van der Waals surface area contributed by atoms with E-state index in [9.17, 15) is 4.79 Å². The van der Waals surface area contributed by atoms with Crippen molar-refractivity contribution >= 4 is 17.5 Å². The molecule has 1 heterocycles. The van der Waals surface area contributed by atoms with E-state index in [4.69, 9.17) is 9.47 Å². The zero-order valence-electron chi connectivity index (χ0n) is 15.1. The van der Waals surface area contributed by atoms with Crippen molar-refractivity contribution in [3.8, 4) is 0 Å². The predicted molar refractivity (Wildman–Crippen MR) is 95.8 cm³/mol. The van der Waals surface area contributed by atoms with Crippen molar-refractivity contribution in [2.75, 3.05) is 23.9 Å². The van der Waals surface area contributed by atoms with Gasteiger partial charge in [0.1, 0.15) is 5.60 Å². The smallest absolute Gasteiger partial charge is 0.414 e. The van der Waals surface area contributed by atoms with Gasteiger partial charge in [0.2, 0.25) is 0 Å². The lowest BCUT2D eigenvalue weighted by molar-refractivity contribution is 0.0328. The molecule has 0 spiro atoms. The summed E-state index contributed by atoms with van der Waals surface area (Å²) in [6, 6.07) is 6.75. The maximum Gasteiger partial charge on any atom is 0.414 e. The molecule has 24 heavy (non-hydrogen) atoms. The van der Waals surface area contributed by atoms with Crippen LogP contribution in [0.25, 0.3) is 0 Å². The molecule has 0 atom stereocenters. The Hall–Kier alpha value is -1.75. The number of anilines is 2. The van der Waals surface area contributed by atoms with Crippen LogP contribution in [0, 0.1) is 0 Å². The highest BCUT2D eigenvalue weighted by Crippen LogP contribution is 2.33. The molecule has 1 N–H and O–H groups in total. The van der Waals surface area contributed by atoms with Crippen LogP contribution in [0.15, 0.2) is 18.2 Å². The van der Waals surface area contributed by atoms with Gasteiger partial charge in [-0.15, -0.1) is 0 Å². The van der Waals surface area contributed by atoms with Crippen molar-refractivity contribution in [3.05, 3.63) is 23.8 Å². The largest absolute Gasteiger partial charge is 0.443 e. The molecule has 0 aromatic heterocycles. The molecular formula is C19H28N2O3. The second kappa shape index (κ2) is 6.63. The molecule has 3 rings (SSSR count). The average Bonchev–Trinajstić information content (AvgIpc) is 2.47. The number of rotatable bonds is 3. The van der Waals surface area contributed by atoms with E-state index in [-0.39, 0.29) is 6.09 Å². The first-order chi connectivity index (χ1) is 11.4. The van der Waals surface area contributed by atoms with Crippen molar-refractivity contribution in [1.82, 2.24) is 0 Å². The molecular weight excluding hydrogens is 304 g/mol. The molecule has 1 aromatic carbocycles. The number of methoxy groups -OCH3 is 1. The third-order valence-electron chi connectivity index (χ3n) is 4.61. The first kappa shape index (κ1) is 17.1. The summed E-state index contributed by atoms with van der Waals surface area (Å²) in [5.74, 6) is 0. The predicted octanol–water partition coefficient (Wildman–Crippen LogP) is 3.96. The first-order valence-corrected chi connectivity index (χ1v) is 8.78. The lowest BCUT2D eigenvalue weighted by Crippen LogP contribution is -2.40. The molecule has 0 radical (unpaired) electrons. The van der Waals surface area contributed by atoms with Gasteiger partial charge < -0.3 is 14.8 Å². The van der Waals surface area contributed by atoms with E-state index >= 15 is 0 Å². The molecule has 5 nitrogen and oxygen atoms in total. The van der Waals surface area contributed by atoms with Crippen molar-refractivity contribution in [3.63, 3.8) is 0 Å². The quantitative estimate of drug-likeness (QED) is 0.910. The van der Waals surface area contributed by atoms with E-state index < -0.39 is 5.60 Å². The van der Waals surface area contributed by atoms with Crippen molar-refractivity contribution in [2.24, 2.45) is 0 Å². The minimum atomic E-state index is -0.474. The van der Waals surface area contributed by atoms with Crippen molar-refractivity contribution < 1.29 is 14.3 Å². The van der Waals surface area contributed by atoms with Crippen LogP contribution in [0.2, 0.25) is 0 Å². The summed E-state index contributed by atoms with van der Waals surface area (Å²) in [7, 11) is 1.77. The fourth-order valence-corrected chi connectivity index (χ4v) is 3.31. The van der Waals surface area contributed by atoms with Crippen molar-refractivity contribution in [1.29, 1.82) is 0 Å². The molecule has 0 bridgehead atoms. The van der Waals surface area contributed by atoms with Gasteiger partial charge in [-0.3, -0.25) is 4.90 Å². The van der Waals surface area contributed by atoms with Crippen LogP contribution in [0.5, 0.6) is 0 Å². The van der Waals surface area contributed by atoms with Crippen LogP contribution in [-0.2, 0) is 15.9 Å². The molecule has 1 aliphatic heterocycles. The summed E-state index contributed by atoms with van der Waals surface area (Å²) < 4.78 is 10.9. The number of carbonyl (C=O) groups excluding carboxylic acids is 1. The second-order valence-corrected chi connectivity index (χ2v) is 7.75. The van der Waals surface area contributed by atoms with Gasteiger partial charge in [0.05, 0.1) is 11.8 Å². The number of aryl methyl sites for hydroxylation is 1. The molecule has 0 unspecified atom stereocenters. The van der Waals surface area contributed by atoms with E-state index in [1.807, 2.05) is 26.8 Å².